The van der Waals surface area contributed by atoms with Gasteiger partial charge >= 0.3 is 0 Å². The van der Waals surface area contributed by atoms with Crippen molar-refractivity contribution in [2.75, 3.05) is 32.8 Å². The Hall–Kier alpha value is -1.44. The summed E-state index contributed by atoms with van der Waals surface area (Å²) in [6.07, 6.45) is 1.29. The number of hydrogen-bond acceptors (Lipinski definition) is 6. The van der Waals surface area contributed by atoms with Crippen LogP contribution in [0.25, 0.3) is 0 Å². The summed E-state index contributed by atoms with van der Waals surface area (Å²) in [6, 6.07) is -0.681. The van der Waals surface area contributed by atoms with E-state index in [1.807, 2.05) is 0 Å². The highest BCUT2D eigenvalue weighted by Crippen LogP contribution is 2.11. The van der Waals surface area contributed by atoms with Gasteiger partial charge in [0.25, 0.3) is 5.91 Å². The third kappa shape index (κ3) is 2.63. The SMILES string of the molecule is NC(CO)c1nc(C(=O)N2CCNCC2)co1. The van der Waals surface area contributed by atoms with Crippen LogP contribution in [0.4, 0.5) is 0 Å². The van der Waals surface area contributed by atoms with Gasteiger partial charge < -0.3 is 25.5 Å². The number of nitrogens with one attached hydrogen (secondary N) is 1. The Labute approximate surface area is 98.6 Å². The van der Waals surface area contributed by atoms with Crippen molar-refractivity contribution in [1.29, 1.82) is 0 Å². The number of piperazine rings is 1. The van der Waals surface area contributed by atoms with Crippen LogP contribution in [0.1, 0.15) is 22.4 Å². The first kappa shape index (κ1) is 12.0. The molecule has 0 saturated carbocycles. The van der Waals surface area contributed by atoms with E-state index in [9.17, 15) is 4.79 Å². The van der Waals surface area contributed by atoms with Crippen molar-refractivity contribution >= 4 is 5.91 Å². The topological polar surface area (TPSA) is 105 Å². The predicted molar refractivity (Wildman–Crippen MR) is 59.3 cm³/mol. The van der Waals surface area contributed by atoms with E-state index in [4.69, 9.17) is 15.3 Å². The summed E-state index contributed by atoms with van der Waals surface area (Å²) in [4.78, 5) is 17.7. The summed E-state index contributed by atoms with van der Waals surface area (Å²) in [6.45, 7) is 2.63. The van der Waals surface area contributed by atoms with Crippen molar-refractivity contribution in [2.24, 2.45) is 5.73 Å². The van der Waals surface area contributed by atoms with E-state index in [0.29, 0.717) is 13.1 Å². The quantitative estimate of drug-likeness (QED) is 0.607. The maximum atomic E-state index is 12.0. The summed E-state index contributed by atoms with van der Waals surface area (Å²) < 4.78 is 5.07. The second-order valence-corrected chi connectivity index (χ2v) is 3.90. The number of aliphatic hydroxyl groups excluding tert-OH is 1. The largest absolute Gasteiger partial charge is 0.446 e. The normalized spacial score (nSPS) is 18.1. The van der Waals surface area contributed by atoms with Crippen molar-refractivity contribution in [1.82, 2.24) is 15.2 Å². The van der Waals surface area contributed by atoms with E-state index in [2.05, 4.69) is 10.3 Å². The number of aromatic nitrogens is 1. The fraction of sp³-hybridized carbons (Fsp3) is 0.600. The molecule has 7 heteroatoms. The Morgan fingerprint density at radius 1 is 1.65 bits per heavy atom. The number of amides is 1. The molecule has 1 aromatic rings. The van der Waals surface area contributed by atoms with Gasteiger partial charge in [-0.25, -0.2) is 4.98 Å². The van der Waals surface area contributed by atoms with Crippen molar-refractivity contribution in [2.45, 2.75) is 6.04 Å². The maximum Gasteiger partial charge on any atom is 0.275 e. The van der Waals surface area contributed by atoms with Crippen molar-refractivity contribution in [3.8, 4) is 0 Å². The molecule has 0 spiro atoms. The fourth-order valence-corrected chi connectivity index (χ4v) is 1.66. The smallest absolute Gasteiger partial charge is 0.275 e. The molecule has 0 aromatic carbocycles. The zero-order valence-corrected chi connectivity index (χ0v) is 9.43. The third-order valence-corrected chi connectivity index (χ3v) is 2.66. The van der Waals surface area contributed by atoms with Crippen molar-refractivity contribution < 1.29 is 14.3 Å². The van der Waals surface area contributed by atoms with Gasteiger partial charge in [0.15, 0.2) is 5.69 Å². The Balaban J connectivity index is 2.06. The highest BCUT2D eigenvalue weighted by molar-refractivity contribution is 5.92. The molecule has 1 aliphatic rings. The lowest BCUT2D eigenvalue weighted by Crippen LogP contribution is -2.46. The summed E-state index contributed by atoms with van der Waals surface area (Å²) in [5, 5.41) is 12.0. The Morgan fingerprint density at radius 3 is 3.00 bits per heavy atom. The van der Waals surface area contributed by atoms with Crippen LogP contribution in [0.3, 0.4) is 0 Å². The van der Waals surface area contributed by atoms with Gasteiger partial charge in [-0.2, -0.15) is 0 Å². The molecule has 17 heavy (non-hydrogen) atoms. The minimum atomic E-state index is -0.681. The van der Waals surface area contributed by atoms with Gasteiger partial charge in [0.2, 0.25) is 5.89 Å². The zero-order valence-electron chi connectivity index (χ0n) is 9.43. The molecule has 94 valence electrons. The van der Waals surface area contributed by atoms with E-state index >= 15 is 0 Å². The van der Waals surface area contributed by atoms with E-state index in [1.54, 1.807) is 4.90 Å². The van der Waals surface area contributed by atoms with E-state index in [0.717, 1.165) is 13.1 Å². The third-order valence-electron chi connectivity index (χ3n) is 2.66. The maximum absolute atomic E-state index is 12.0. The number of carbonyl (C=O) groups is 1. The monoisotopic (exact) mass is 240 g/mol. The zero-order chi connectivity index (χ0) is 12.3. The predicted octanol–water partition coefficient (Wildman–Crippen LogP) is -1.29. The number of hydrogen-bond donors (Lipinski definition) is 3. The Morgan fingerprint density at radius 2 is 2.35 bits per heavy atom. The summed E-state index contributed by atoms with van der Waals surface area (Å²) >= 11 is 0. The van der Waals surface area contributed by atoms with Gasteiger partial charge in [0, 0.05) is 26.2 Å². The molecular formula is C10H16N4O3. The van der Waals surface area contributed by atoms with Crippen LogP contribution in [0.15, 0.2) is 10.7 Å². The highest BCUT2D eigenvalue weighted by Gasteiger charge is 2.22. The van der Waals surface area contributed by atoms with Crippen LogP contribution in [-0.2, 0) is 0 Å². The molecule has 7 nitrogen and oxygen atoms in total. The molecule has 4 N–H and O–H groups in total. The number of nitrogens with zero attached hydrogens (tertiary/aromatic N) is 2. The molecular weight excluding hydrogens is 224 g/mol. The van der Waals surface area contributed by atoms with E-state index < -0.39 is 6.04 Å². The van der Waals surface area contributed by atoms with Crippen LogP contribution in [0.5, 0.6) is 0 Å². The second kappa shape index (κ2) is 5.26. The number of rotatable bonds is 3. The van der Waals surface area contributed by atoms with Gasteiger partial charge in [-0.3, -0.25) is 4.79 Å². The summed E-state index contributed by atoms with van der Waals surface area (Å²) in [5.74, 6) is 0.0256. The average Bonchev–Trinajstić information content (AvgIpc) is 2.87. The number of oxazole rings is 1. The number of nitrogens with two attached hydrogens (primary N) is 1. The first-order valence-corrected chi connectivity index (χ1v) is 5.54. The van der Waals surface area contributed by atoms with Crippen LogP contribution in [0.2, 0.25) is 0 Å². The van der Waals surface area contributed by atoms with Gasteiger partial charge in [0.05, 0.1) is 6.61 Å². The van der Waals surface area contributed by atoms with Crippen LogP contribution in [0, 0.1) is 0 Å². The van der Waals surface area contributed by atoms with Gasteiger partial charge in [-0.05, 0) is 0 Å². The lowest BCUT2D eigenvalue weighted by molar-refractivity contribution is 0.0729. The molecule has 0 radical (unpaired) electrons. The van der Waals surface area contributed by atoms with Gasteiger partial charge in [-0.15, -0.1) is 0 Å². The number of carbonyl (C=O) groups excluding carboxylic acids is 1. The first-order valence-electron chi connectivity index (χ1n) is 5.54. The molecule has 1 atom stereocenters. The Bertz CT molecular complexity index is 387. The number of aliphatic hydroxyl groups is 1. The second-order valence-electron chi connectivity index (χ2n) is 3.90. The standard InChI is InChI=1S/C10H16N4O3/c11-7(5-15)9-13-8(6-17-9)10(16)14-3-1-12-2-4-14/h6-7,12,15H,1-5,11H2. The molecule has 0 bridgehead atoms. The van der Waals surface area contributed by atoms with Crippen LogP contribution < -0.4 is 11.1 Å². The molecule has 0 aliphatic carbocycles. The van der Waals surface area contributed by atoms with Crippen LogP contribution in [-0.4, -0.2) is 53.7 Å². The summed E-state index contributed by atoms with van der Waals surface area (Å²) in [5.41, 5.74) is 5.79. The molecule has 1 aromatic heterocycles. The van der Waals surface area contributed by atoms with Gasteiger partial charge in [0.1, 0.15) is 12.3 Å². The lowest BCUT2D eigenvalue weighted by Gasteiger charge is -2.26. The average molecular weight is 240 g/mol. The van der Waals surface area contributed by atoms with Crippen LogP contribution >= 0.6 is 0 Å². The minimum Gasteiger partial charge on any atom is -0.446 e. The molecule has 2 heterocycles. The van der Waals surface area contributed by atoms with E-state index in [-0.39, 0.29) is 24.1 Å². The van der Waals surface area contributed by atoms with Crippen molar-refractivity contribution in [3.05, 3.63) is 17.8 Å². The lowest BCUT2D eigenvalue weighted by atomic mass is 10.3. The van der Waals surface area contributed by atoms with E-state index in [1.165, 1.54) is 6.26 Å². The highest BCUT2D eigenvalue weighted by atomic mass is 16.3. The summed E-state index contributed by atoms with van der Waals surface area (Å²) in [7, 11) is 0. The Kier molecular flexibility index (Phi) is 3.72. The molecule has 1 unspecified atom stereocenters. The molecule has 1 aliphatic heterocycles. The minimum absolute atomic E-state index is 0.161. The first-order chi connectivity index (χ1) is 8.22. The van der Waals surface area contributed by atoms with Crippen molar-refractivity contribution in [3.63, 3.8) is 0 Å². The molecule has 1 amide bonds. The molecule has 1 fully saturated rings. The fourth-order valence-electron chi connectivity index (χ4n) is 1.66. The molecule has 1 saturated heterocycles. The molecule has 2 rings (SSSR count). The van der Waals surface area contributed by atoms with Gasteiger partial charge in [-0.1, -0.05) is 0 Å².